The van der Waals surface area contributed by atoms with Gasteiger partial charge in [-0.15, -0.1) is 0 Å². The van der Waals surface area contributed by atoms with Crippen molar-refractivity contribution >= 4 is 44.8 Å². The highest BCUT2D eigenvalue weighted by atomic mass is 35.5. The fourth-order valence-corrected chi connectivity index (χ4v) is 4.91. The smallest absolute Gasteiger partial charge is 0.261 e. The van der Waals surface area contributed by atoms with Crippen LogP contribution in [0.5, 0.6) is 5.75 Å². The second-order valence-electron chi connectivity index (χ2n) is 7.34. The van der Waals surface area contributed by atoms with Gasteiger partial charge in [-0.05, 0) is 62.2 Å². The van der Waals surface area contributed by atoms with E-state index in [0.717, 1.165) is 25.7 Å². The van der Waals surface area contributed by atoms with Crippen molar-refractivity contribution in [3.63, 3.8) is 0 Å². The molecule has 1 aliphatic rings. The molecule has 0 saturated heterocycles. The molecule has 0 heterocycles. The molecular weight excluding hydrogens is 447 g/mol. The molecule has 2 aromatic carbocycles. The van der Waals surface area contributed by atoms with Gasteiger partial charge in [0, 0.05) is 16.1 Å². The van der Waals surface area contributed by atoms with Gasteiger partial charge in [-0.2, -0.15) is 0 Å². The lowest BCUT2D eigenvalue weighted by Gasteiger charge is -2.24. The lowest BCUT2D eigenvalue weighted by molar-refractivity contribution is -0.128. The standard InChI is InChI=1S/C21H24Cl2N2O4S/c1-14(21(26)24-17-5-3-2-4-6-17)29-19-7-9-20(10-8-19)30(27,28)25-18-12-15(22)11-16(23)13-18/h7-14,17,25H,2-6H2,1H3,(H,24,26)/t14-/m0/s1. The average molecular weight is 471 g/mol. The number of nitrogens with one attached hydrogen (secondary N) is 2. The van der Waals surface area contributed by atoms with E-state index in [9.17, 15) is 13.2 Å². The Morgan fingerprint density at radius 3 is 2.23 bits per heavy atom. The van der Waals surface area contributed by atoms with Crippen LogP contribution in [-0.2, 0) is 14.8 Å². The van der Waals surface area contributed by atoms with Crippen LogP contribution in [0.15, 0.2) is 47.4 Å². The van der Waals surface area contributed by atoms with E-state index in [2.05, 4.69) is 10.0 Å². The van der Waals surface area contributed by atoms with Crippen molar-refractivity contribution in [3.05, 3.63) is 52.5 Å². The number of ether oxygens (including phenoxy) is 1. The number of carbonyl (C=O) groups is 1. The molecule has 30 heavy (non-hydrogen) atoms. The molecule has 0 aliphatic heterocycles. The summed E-state index contributed by atoms with van der Waals surface area (Å²) in [4.78, 5) is 12.4. The Morgan fingerprint density at radius 2 is 1.63 bits per heavy atom. The van der Waals surface area contributed by atoms with Crippen LogP contribution in [-0.4, -0.2) is 26.5 Å². The Hall–Kier alpha value is -1.96. The Bertz CT molecular complexity index is 970. The van der Waals surface area contributed by atoms with Crippen LogP contribution in [0.1, 0.15) is 39.0 Å². The van der Waals surface area contributed by atoms with E-state index < -0.39 is 16.1 Å². The Labute approximate surface area is 187 Å². The van der Waals surface area contributed by atoms with Gasteiger partial charge in [-0.25, -0.2) is 8.42 Å². The Balaban J connectivity index is 1.61. The molecular formula is C21H24Cl2N2O4S. The zero-order valence-electron chi connectivity index (χ0n) is 16.5. The van der Waals surface area contributed by atoms with Gasteiger partial charge in [0.1, 0.15) is 5.75 Å². The number of hydrogen-bond acceptors (Lipinski definition) is 4. The van der Waals surface area contributed by atoms with Gasteiger partial charge in [0.05, 0.1) is 10.6 Å². The predicted molar refractivity (Wildman–Crippen MR) is 119 cm³/mol. The lowest BCUT2D eigenvalue weighted by atomic mass is 9.95. The summed E-state index contributed by atoms with van der Waals surface area (Å²) >= 11 is 11.8. The number of halogens is 2. The summed E-state index contributed by atoms with van der Waals surface area (Å²) in [5, 5.41) is 3.67. The van der Waals surface area contributed by atoms with Crippen LogP contribution in [0.25, 0.3) is 0 Å². The first kappa shape index (κ1) is 22.7. The van der Waals surface area contributed by atoms with Crippen molar-refractivity contribution in [1.29, 1.82) is 0 Å². The minimum absolute atomic E-state index is 0.0465. The first-order valence-corrected chi connectivity index (χ1v) is 12.0. The van der Waals surface area contributed by atoms with Gasteiger partial charge >= 0.3 is 0 Å². The summed E-state index contributed by atoms with van der Waals surface area (Å²) in [6.45, 7) is 1.67. The number of amides is 1. The molecule has 1 fully saturated rings. The number of hydrogen-bond donors (Lipinski definition) is 2. The first-order valence-electron chi connectivity index (χ1n) is 9.79. The second-order valence-corrected chi connectivity index (χ2v) is 9.89. The molecule has 0 aromatic heterocycles. The number of anilines is 1. The van der Waals surface area contributed by atoms with Gasteiger partial charge < -0.3 is 10.1 Å². The lowest BCUT2D eigenvalue weighted by Crippen LogP contribution is -2.43. The highest BCUT2D eigenvalue weighted by molar-refractivity contribution is 7.92. The molecule has 1 aliphatic carbocycles. The molecule has 1 saturated carbocycles. The topological polar surface area (TPSA) is 84.5 Å². The third-order valence-electron chi connectivity index (χ3n) is 4.88. The highest BCUT2D eigenvalue weighted by Gasteiger charge is 2.21. The zero-order chi connectivity index (χ0) is 21.7. The van der Waals surface area contributed by atoms with Crippen molar-refractivity contribution in [2.45, 2.75) is 56.1 Å². The van der Waals surface area contributed by atoms with Crippen molar-refractivity contribution in [1.82, 2.24) is 5.32 Å². The van der Waals surface area contributed by atoms with Gasteiger partial charge in [-0.1, -0.05) is 42.5 Å². The minimum atomic E-state index is -3.83. The summed E-state index contributed by atoms with van der Waals surface area (Å²) in [5.41, 5.74) is 0.265. The molecule has 0 radical (unpaired) electrons. The zero-order valence-corrected chi connectivity index (χ0v) is 18.9. The maximum Gasteiger partial charge on any atom is 0.261 e. The molecule has 0 unspecified atom stereocenters. The third kappa shape index (κ3) is 6.27. The van der Waals surface area contributed by atoms with Gasteiger partial charge in [0.2, 0.25) is 0 Å². The predicted octanol–water partition coefficient (Wildman–Crippen LogP) is 5.01. The van der Waals surface area contributed by atoms with E-state index in [-0.39, 0.29) is 22.5 Å². The van der Waals surface area contributed by atoms with E-state index in [4.69, 9.17) is 27.9 Å². The summed E-state index contributed by atoms with van der Waals surface area (Å²) in [7, 11) is -3.83. The van der Waals surface area contributed by atoms with Crippen LogP contribution in [0, 0.1) is 0 Å². The summed E-state index contributed by atoms with van der Waals surface area (Å²) in [5.74, 6) is 0.240. The number of carbonyl (C=O) groups excluding carboxylic acids is 1. The maximum atomic E-state index is 12.6. The van der Waals surface area contributed by atoms with Gasteiger partial charge in [0.15, 0.2) is 6.10 Å². The first-order chi connectivity index (χ1) is 14.2. The van der Waals surface area contributed by atoms with Crippen LogP contribution >= 0.6 is 23.2 Å². The minimum Gasteiger partial charge on any atom is -0.481 e. The molecule has 2 aromatic rings. The van der Waals surface area contributed by atoms with Crippen molar-refractivity contribution in [3.8, 4) is 5.75 Å². The SMILES string of the molecule is C[C@H](Oc1ccc(S(=O)(=O)Nc2cc(Cl)cc(Cl)c2)cc1)C(=O)NC1CCCCC1. The Kier molecular flexibility index (Phi) is 7.50. The molecule has 9 heteroatoms. The van der Waals surface area contributed by atoms with E-state index in [1.165, 1.54) is 48.9 Å². The highest BCUT2D eigenvalue weighted by Crippen LogP contribution is 2.25. The van der Waals surface area contributed by atoms with E-state index in [1.807, 2.05) is 0 Å². The normalized spacial score (nSPS) is 16.0. The van der Waals surface area contributed by atoms with Crippen LogP contribution in [0.4, 0.5) is 5.69 Å². The average Bonchev–Trinajstić information content (AvgIpc) is 2.68. The molecule has 3 rings (SSSR count). The van der Waals surface area contributed by atoms with Crippen LogP contribution < -0.4 is 14.8 Å². The molecule has 0 bridgehead atoms. The summed E-state index contributed by atoms with van der Waals surface area (Å²) in [6, 6.07) is 10.5. The van der Waals surface area contributed by atoms with Crippen LogP contribution in [0.3, 0.4) is 0 Å². The number of rotatable bonds is 7. The monoisotopic (exact) mass is 470 g/mol. The van der Waals surface area contributed by atoms with Gasteiger partial charge in [0.25, 0.3) is 15.9 Å². The fourth-order valence-electron chi connectivity index (χ4n) is 3.35. The van der Waals surface area contributed by atoms with Gasteiger partial charge in [-0.3, -0.25) is 9.52 Å². The van der Waals surface area contributed by atoms with Crippen LogP contribution in [0.2, 0.25) is 10.0 Å². The largest absolute Gasteiger partial charge is 0.481 e. The van der Waals surface area contributed by atoms with Crippen molar-refractivity contribution < 1.29 is 17.9 Å². The van der Waals surface area contributed by atoms with Crippen molar-refractivity contribution in [2.75, 3.05) is 4.72 Å². The summed E-state index contributed by atoms with van der Waals surface area (Å²) < 4.78 is 33.3. The molecule has 1 atom stereocenters. The molecule has 1 amide bonds. The van der Waals surface area contributed by atoms with Crippen molar-refractivity contribution in [2.24, 2.45) is 0 Å². The molecule has 6 nitrogen and oxygen atoms in total. The maximum absolute atomic E-state index is 12.6. The van der Waals surface area contributed by atoms with E-state index in [1.54, 1.807) is 6.92 Å². The third-order valence-corrected chi connectivity index (χ3v) is 6.72. The van der Waals surface area contributed by atoms with E-state index in [0.29, 0.717) is 15.8 Å². The molecule has 2 N–H and O–H groups in total. The molecule has 0 spiro atoms. The number of benzene rings is 2. The van der Waals surface area contributed by atoms with E-state index >= 15 is 0 Å². The quantitative estimate of drug-likeness (QED) is 0.595. The molecule has 162 valence electrons. The number of sulfonamides is 1. The Morgan fingerprint density at radius 1 is 1.03 bits per heavy atom. The fraction of sp³-hybridized carbons (Fsp3) is 0.381. The second kappa shape index (κ2) is 9.90. The summed E-state index contributed by atoms with van der Waals surface area (Å²) in [6.07, 6.45) is 4.79.